The van der Waals surface area contributed by atoms with Gasteiger partial charge < -0.3 is 65.1 Å². The lowest BCUT2D eigenvalue weighted by atomic mass is 9.97. The molecule has 14 heteroatoms. The van der Waals surface area contributed by atoms with E-state index in [1.54, 1.807) is 6.08 Å². The number of nitrogens with one attached hydrogen (secondary N) is 1. The molecule has 2 fully saturated rings. The maximum Gasteiger partial charge on any atom is 0.220 e. The molecule has 12 atom stereocenters. The molecule has 0 aromatic heterocycles. The number of amides is 1. The topological polar surface area (TPSA) is 228 Å². The van der Waals surface area contributed by atoms with Crippen LogP contribution in [0.1, 0.15) is 284 Å². The van der Waals surface area contributed by atoms with Crippen LogP contribution in [0.25, 0.3) is 0 Å². The van der Waals surface area contributed by atoms with Crippen molar-refractivity contribution in [1.82, 2.24) is 5.32 Å². The van der Waals surface area contributed by atoms with E-state index in [2.05, 4.69) is 55.6 Å². The molecule has 0 aromatic carbocycles. The van der Waals surface area contributed by atoms with Gasteiger partial charge >= 0.3 is 0 Å². The Hall–Kier alpha value is -2.05. The standard InChI is InChI=1S/C68H125NO13/c1-3-5-7-9-11-12-13-14-15-16-17-18-19-20-21-22-23-24-25-26-27-28-29-30-31-32-33-34-35-36-37-38-39-40-41-42-43-44-46-48-50-52-60(73)69-56(57(72)51-49-47-45-10-8-6-4-2)55-79-67-65(78)63(76)66(59(54-71)81-67)82-68-64(77)62(75)61(74)58(53-70)80-68/h8,10,13-14,16-17,49,51,56-59,61-68,70-72,74-78H,3-7,9,11-12,15,18-48,50,52-55H2,1-2H3,(H,69,73)/b10-8+,14-13-,17-16-,51-49+. The highest BCUT2D eigenvalue weighted by Crippen LogP contribution is 2.30. The van der Waals surface area contributed by atoms with Crippen molar-refractivity contribution in [2.45, 2.75) is 357 Å². The molecule has 82 heavy (non-hydrogen) atoms. The summed E-state index contributed by atoms with van der Waals surface area (Å²) >= 11 is 0. The Bertz CT molecular complexity index is 1560. The summed E-state index contributed by atoms with van der Waals surface area (Å²) in [5.41, 5.74) is 0. The molecule has 14 nitrogen and oxygen atoms in total. The first-order valence-electron chi connectivity index (χ1n) is 33.9. The van der Waals surface area contributed by atoms with E-state index in [4.69, 9.17) is 18.9 Å². The number of allylic oxidation sites excluding steroid dienone is 7. The molecule has 480 valence electrons. The minimum atomic E-state index is -1.79. The summed E-state index contributed by atoms with van der Waals surface area (Å²) < 4.78 is 22.7. The molecule has 2 rings (SSSR count). The number of aliphatic hydroxyl groups excluding tert-OH is 8. The summed E-state index contributed by atoms with van der Waals surface area (Å²) in [6.45, 7) is 2.66. The van der Waals surface area contributed by atoms with Gasteiger partial charge in [-0.05, 0) is 57.8 Å². The number of aliphatic hydroxyl groups is 8. The van der Waals surface area contributed by atoms with Crippen LogP contribution in [-0.2, 0) is 23.7 Å². The lowest BCUT2D eigenvalue weighted by molar-refractivity contribution is -0.359. The fourth-order valence-electron chi connectivity index (χ4n) is 11.1. The number of ether oxygens (including phenoxy) is 4. The maximum atomic E-state index is 13.2. The van der Waals surface area contributed by atoms with Crippen LogP contribution >= 0.6 is 0 Å². The average molecular weight is 1160 g/mol. The lowest BCUT2D eigenvalue weighted by Crippen LogP contribution is -2.65. The van der Waals surface area contributed by atoms with Crippen LogP contribution in [0.4, 0.5) is 0 Å². The van der Waals surface area contributed by atoms with Crippen molar-refractivity contribution in [2.24, 2.45) is 0 Å². The normalized spacial score (nSPS) is 24.2. The van der Waals surface area contributed by atoms with Gasteiger partial charge in [-0.3, -0.25) is 4.79 Å². The SMILES string of the molecule is CCC/C=C/CC/C=C/C(O)C(COC1OC(CO)C(OC2OC(CO)C(O)C(O)C2O)C(O)C1O)NC(=O)CCCCCCCCCCCCCCCCCCCCCCCCCCCCCCC/C=C\C/C=C\CCCCCCC. The van der Waals surface area contributed by atoms with Crippen molar-refractivity contribution in [3.63, 3.8) is 0 Å². The Balaban J connectivity index is 1.46. The molecule has 0 saturated carbocycles. The quantitative estimate of drug-likeness (QED) is 0.0204. The van der Waals surface area contributed by atoms with Crippen LogP contribution < -0.4 is 5.32 Å². The van der Waals surface area contributed by atoms with Crippen LogP contribution in [-0.4, -0.2) is 140 Å². The Morgan fingerprint density at radius 1 is 0.439 bits per heavy atom. The predicted octanol–water partition coefficient (Wildman–Crippen LogP) is 13.1. The van der Waals surface area contributed by atoms with E-state index in [0.29, 0.717) is 12.8 Å². The molecule has 2 aliphatic rings. The molecule has 0 spiro atoms. The second-order valence-corrected chi connectivity index (χ2v) is 23.9. The summed E-state index contributed by atoms with van der Waals surface area (Å²) in [7, 11) is 0. The van der Waals surface area contributed by atoms with Crippen LogP contribution in [0.5, 0.6) is 0 Å². The number of unbranched alkanes of at least 4 members (excludes halogenated alkanes) is 36. The zero-order valence-electron chi connectivity index (χ0n) is 52.0. The number of hydrogen-bond acceptors (Lipinski definition) is 13. The number of rotatable bonds is 55. The third-order valence-corrected chi connectivity index (χ3v) is 16.5. The minimum absolute atomic E-state index is 0.250. The van der Waals surface area contributed by atoms with Crippen molar-refractivity contribution in [3.05, 3.63) is 48.6 Å². The fraction of sp³-hybridized carbons (Fsp3) is 0.868. The Morgan fingerprint density at radius 2 is 0.841 bits per heavy atom. The summed E-state index contributed by atoms with van der Waals surface area (Å²) in [6, 6.07) is -0.927. The monoisotopic (exact) mass is 1160 g/mol. The third kappa shape index (κ3) is 37.5. The van der Waals surface area contributed by atoms with Crippen molar-refractivity contribution >= 4 is 5.91 Å². The van der Waals surface area contributed by atoms with E-state index < -0.39 is 86.8 Å². The van der Waals surface area contributed by atoms with Gasteiger partial charge in [-0.2, -0.15) is 0 Å². The van der Waals surface area contributed by atoms with Crippen molar-refractivity contribution in [1.29, 1.82) is 0 Å². The summed E-state index contributed by atoms with van der Waals surface area (Å²) in [5, 5.41) is 86.7. The highest BCUT2D eigenvalue weighted by atomic mass is 16.7. The van der Waals surface area contributed by atoms with E-state index >= 15 is 0 Å². The van der Waals surface area contributed by atoms with Crippen LogP contribution in [0, 0.1) is 0 Å². The van der Waals surface area contributed by atoms with Crippen LogP contribution in [0.15, 0.2) is 48.6 Å². The molecule has 2 aliphatic heterocycles. The fourth-order valence-corrected chi connectivity index (χ4v) is 11.1. The lowest BCUT2D eigenvalue weighted by Gasteiger charge is -2.46. The minimum Gasteiger partial charge on any atom is -0.394 e. The Labute approximate surface area is 499 Å². The molecule has 2 saturated heterocycles. The van der Waals surface area contributed by atoms with Gasteiger partial charge in [0, 0.05) is 6.42 Å². The van der Waals surface area contributed by atoms with E-state index in [0.717, 1.165) is 44.9 Å². The zero-order chi connectivity index (χ0) is 59.5. The number of carbonyl (C=O) groups excluding carboxylic acids is 1. The molecule has 0 radical (unpaired) electrons. The Kier molecular flexibility index (Phi) is 49.3. The van der Waals surface area contributed by atoms with Gasteiger partial charge in [0.1, 0.15) is 48.8 Å². The molecule has 2 heterocycles. The summed E-state index contributed by atoms with van der Waals surface area (Å²) in [5.74, 6) is -0.250. The number of carbonyl (C=O) groups is 1. The maximum absolute atomic E-state index is 13.2. The zero-order valence-corrected chi connectivity index (χ0v) is 52.0. The molecular formula is C68H125NO13. The van der Waals surface area contributed by atoms with Gasteiger partial charge in [-0.15, -0.1) is 0 Å². The highest BCUT2D eigenvalue weighted by molar-refractivity contribution is 5.76. The first kappa shape index (κ1) is 76.0. The van der Waals surface area contributed by atoms with E-state index in [9.17, 15) is 45.6 Å². The van der Waals surface area contributed by atoms with Gasteiger partial charge in [0.15, 0.2) is 12.6 Å². The van der Waals surface area contributed by atoms with Gasteiger partial charge in [0.25, 0.3) is 0 Å². The summed E-state index contributed by atoms with van der Waals surface area (Å²) in [4.78, 5) is 13.2. The average Bonchev–Trinajstić information content (AvgIpc) is 3.60. The Morgan fingerprint density at radius 3 is 1.30 bits per heavy atom. The first-order valence-corrected chi connectivity index (χ1v) is 33.9. The van der Waals surface area contributed by atoms with Gasteiger partial charge in [-0.1, -0.05) is 268 Å². The molecule has 0 bridgehead atoms. The predicted molar refractivity (Wildman–Crippen MR) is 332 cm³/mol. The second-order valence-electron chi connectivity index (χ2n) is 23.9. The smallest absolute Gasteiger partial charge is 0.220 e. The van der Waals surface area contributed by atoms with Crippen LogP contribution in [0.3, 0.4) is 0 Å². The van der Waals surface area contributed by atoms with E-state index in [1.165, 1.54) is 205 Å². The molecule has 0 aliphatic carbocycles. The molecular weight excluding hydrogens is 1040 g/mol. The van der Waals surface area contributed by atoms with E-state index in [1.807, 2.05) is 6.08 Å². The van der Waals surface area contributed by atoms with Crippen molar-refractivity contribution < 1.29 is 64.6 Å². The van der Waals surface area contributed by atoms with Gasteiger partial charge in [0.2, 0.25) is 5.91 Å². The molecule has 0 aromatic rings. The molecule has 12 unspecified atom stereocenters. The highest BCUT2D eigenvalue weighted by Gasteiger charge is 2.51. The second kappa shape index (κ2) is 53.2. The summed E-state index contributed by atoms with van der Waals surface area (Å²) in [6.07, 6.45) is 52.7. The van der Waals surface area contributed by atoms with Crippen molar-refractivity contribution in [3.8, 4) is 0 Å². The third-order valence-electron chi connectivity index (χ3n) is 16.5. The molecule has 9 N–H and O–H groups in total. The van der Waals surface area contributed by atoms with Crippen LogP contribution in [0.2, 0.25) is 0 Å². The van der Waals surface area contributed by atoms with Gasteiger partial charge in [-0.25, -0.2) is 0 Å². The van der Waals surface area contributed by atoms with E-state index in [-0.39, 0.29) is 18.9 Å². The van der Waals surface area contributed by atoms with Crippen molar-refractivity contribution in [2.75, 3.05) is 19.8 Å². The van der Waals surface area contributed by atoms with Gasteiger partial charge in [0.05, 0.1) is 32.0 Å². The first-order chi connectivity index (χ1) is 40.1. The molecule has 1 amide bonds. The largest absolute Gasteiger partial charge is 0.394 e. The number of hydrogen-bond donors (Lipinski definition) is 9.